The number of carbonyl (C=O) groups excluding carboxylic acids is 1. The van der Waals surface area contributed by atoms with Gasteiger partial charge in [-0.3, -0.25) is 4.79 Å². The molecule has 0 aliphatic heterocycles. The SMILES string of the molecule is CCc1nn2c(C=O)c(-c3ccc(Br)cc3)nc2s1. The quantitative estimate of drug-likeness (QED) is 0.687. The van der Waals surface area contributed by atoms with Crippen LogP contribution in [0.1, 0.15) is 22.4 Å². The molecule has 96 valence electrons. The number of hydrogen-bond donors (Lipinski definition) is 0. The fourth-order valence-electron chi connectivity index (χ4n) is 1.87. The maximum Gasteiger partial charge on any atom is 0.213 e. The summed E-state index contributed by atoms with van der Waals surface area (Å²) in [5.74, 6) is 0. The zero-order valence-corrected chi connectivity index (χ0v) is 12.5. The highest BCUT2D eigenvalue weighted by Crippen LogP contribution is 2.27. The van der Waals surface area contributed by atoms with Gasteiger partial charge in [-0.15, -0.1) is 0 Å². The Hall–Kier alpha value is -1.53. The summed E-state index contributed by atoms with van der Waals surface area (Å²) in [4.78, 5) is 16.6. The average Bonchev–Trinajstić information content (AvgIpc) is 2.96. The lowest BCUT2D eigenvalue weighted by atomic mass is 10.1. The highest BCUT2D eigenvalue weighted by molar-refractivity contribution is 9.10. The first-order chi connectivity index (χ1) is 9.22. The van der Waals surface area contributed by atoms with Gasteiger partial charge in [0.05, 0.1) is 0 Å². The molecule has 0 aliphatic carbocycles. The standard InChI is InChI=1S/C13H10BrN3OS/c1-2-11-16-17-10(7-18)12(15-13(17)19-11)8-3-5-9(14)6-4-8/h3-7H,2H2,1H3. The highest BCUT2D eigenvalue weighted by atomic mass is 79.9. The molecule has 0 aliphatic rings. The predicted octanol–water partition coefficient (Wildman–Crippen LogP) is 3.60. The van der Waals surface area contributed by atoms with Crippen molar-refractivity contribution in [3.8, 4) is 11.3 Å². The van der Waals surface area contributed by atoms with Crippen molar-refractivity contribution in [1.82, 2.24) is 14.6 Å². The van der Waals surface area contributed by atoms with Crippen LogP contribution in [0.25, 0.3) is 16.2 Å². The van der Waals surface area contributed by atoms with E-state index in [2.05, 4.69) is 26.0 Å². The van der Waals surface area contributed by atoms with Crippen LogP contribution in [0.2, 0.25) is 0 Å². The molecule has 3 aromatic rings. The second-order valence-corrected chi connectivity index (χ2v) is 5.97. The summed E-state index contributed by atoms with van der Waals surface area (Å²) in [5.41, 5.74) is 2.11. The van der Waals surface area contributed by atoms with Gasteiger partial charge in [-0.2, -0.15) is 9.61 Å². The molecule has 1 aromatic carbocycles. The van der Waals surface area contributed by atoms with E-state index in [0.29, 0.717) is 11.4 Å². The van der Waals surface area contributed by atoms with Crippen LogP contribution >= 0.6 is 27.3 Å². The van der Waals surface area contributed by atoms with E-state index in [1.807, 2.05) is 31.2 Å². The Morgan fingerprint density at radius 1 is 1.37 bits per heavy atom. The molecule has 4 nitrogen and oxygen atoms in total. The Morgan fingerprint density at radius 3 is 2.74 bits per heavy atom. The predicted molar refractivity (Wildman–Crippen MR) is 78.8 cm³/mol. The molecule has 0 saturated carbocycles. The van der Waals surface area contributed by atoms with Crippen molar-refractivity contribution in [2.24, 2.45) is 0 Å². The van der Waals surface area contributed by atoms with Gasteiger partial charge in [0, 0.05) is 10.0 Å². The lowest BCUT2D eigenvalue weighted by Gasteiger charge is -1.98. The zero-order valence-electron chi connectivity index (χ0n) is 10.1. The van der Waals surface area contributed by atoms with Crippen molar-refractivity contribution < 1.29 is 4.79 Å². The first-order valence-corrected chi connectivity index (χ1v) is 7.43. The molecule has 3 rings (SSSR count). The summed E-state index contributed by atoms with van der Waals surface area (Å²) in [6, 6.07) is 7.74. The van der Waals surface area contributed by atoms with Gasteiger partial charge in [0.1, 0.15) is 16.4 Å². The van der Waals surface area contributed by atoms with Crippen LogP contribution < -0.4 is 0 Å². The van der Waals surface area contributed by atoms with Crippen molar-refractivity contribution in [1.29, 1.82) is 0 Å². The molecule has 0 fully saturated rings. The van der Waals surface area contributed by atoms with Crippen LogP contribution in [-0.4, -0.2) is 20.9 Å². The Balaban J connectivity index is 2.20. The second-order valence-electron chi connectivity index (χ2n) is 4.01. The molecule has 0 atom stereocenters. The monoisotopic (exact) mass is 335 g/mol. The van der Waals surface area contributed by atoms with Crippen LogP contribution in [0, 0.1) is 0 Å². The Kier molecular flexibility index (Phi) is 3.20. The highest BCUT2D eigenvalue weighted by Gasteiger charge is 2.16. The maximum absolute atomic E-state index is 11.3. The van der Waals surface area contributed by atoms with Crippen molar-refractivity contribution in [3.63, 3.8) is 0 Å². The number of halogens is 1. The second kappa shape index (κ2) is 4.86. The van der Waals surface area contributed by atoms with E-state index in [1.165, 1.54) is 11.3 Å². The Bertz CT molecular complexity index is 745. The number of aldehydes is 1. The minimum atomic E-state index is 0.508. The van der Waals surface area contributed by atoms with Crippen LogP contribution in [0.15, 0.2) is 28.7 Å². The van der Waals surface area contributed by atoms with Gasteiger partial charge < -0.3 is 0 Å². The van der Waals surface area contributed by atoms with E-state index < -0.39 is 0 Å². The van der Waals surface area contributed by atoms with Gasteiger partial charge in [0.25, 0.3) is 0 Å². The van der Waals surface area contributed by atoms with Gasteiger partial charge in [-0.25, -0.2) is 4.98 Å². The molecule has 0 N–H and O–H groups in total. The van der Waals surface area contributed by atoms with E-state index >= 15 is 0 Å². The number of fused-ring (bicyclic) bond motifs is 1. The van der Waals surface area contributed by atoms with Crippen LogP contribution in [0.3, 0.4) is 0 Å². The van der Waals surface area contributed by atoms with Crippen LogP contribution in [0.5, 0.6) is 0 Å². The van der Waals surface area contributed by atoms with E-state index in [4.69, 9.17) is 0 Å². The summed E-state index contributed by atoms with van der Waals surface area (Å²) in [5, 5.41) is 5.38. The molecule has 0 saturated heterocycles. The molecule has 0 radical (unpaired) electrons. The molecule has 0 spiro atoms. The normalized spacial score (nSPS) is 11.1. The van der Waals surface area contributed by atoms with E-state index in [1.54, 1.807) is 4.52 Å². The molecule has 0 bridgehead atoms. The fraction of sp³-hybridized carbons (Fsp3) is 0.154. The number of benzene rings is 1. The first-order valence-electron chi connectivity index (χ1n) is 5.82. The van der Waals surface area contributed by atoms with Crippen LogP contribution in [-0.2, 0) is 6.42 Å². The van der Waals surface area contributed by atoms with Gasteiger partial charge in [0.2, 0.25) is 4.96 Å². The third kappa shape index (κ3) is 2.11. The van der Waals surface area contributed by atoms with Crippen molar-refractivity contribution in [2.45, 2.75) is 13.3 Å². The summed E-state index contributed by atoms with van der Waals surface area (Å²) in [6.07, 6.45) is 1.66. The number of hydrogen-bond acceptors (Lipinski definition) is 4. The fourth-order valence-corrected chi connectivity index (χ4v) is 2.98. The van der Waals surface area contributed by atoms with Gasteiger partial charge in [-0.05, 0) is 18.6 Å². The number of nitrogens with zero attached hydrogens (tertiary/aromatic N) is 3. The van der Waals surface area contributed by atoms with E-state index in [0.717, 1.165) is 32.7 Å². The van der Waals surface area contributed by atoms with Gasteiger partial charge >= 0.3 is 0 Å². The van der Waals surface area contributed by atoms with Crippen molar-refractivity contribution in [3.05, 3.63) is 39.4 Å². The minimum Gasteiger partial charge on any atom is -0.296 e. The molecular formula is C13H10BrN3OS. The number of carbonyl (C=O) groups is 1. The average molecular weight is 336 g/mol. The lowest BCUT2D eigenvalue weighted by molar-refractivity contribution is 0.111. The maximum atomic E-state index is 11.3. The number of aryl methyl sites for hydroxylation is 1. The third-order valence-electron chi connectivity index (χ3n) is 2.81. The number of rotatable bonds is 3. The topological polar surface area (TPSA) is 47.3 Å². The Morgan fingerprint density at radius 2 is 2.11 bits per heavy atom. The number of aromatic nitrogens is 3. The molecular weight excluding hydrogens is 326 g/mol. The van der Waals surface area contributed by atoms with E-state index in [-0.39, 0.29) is 0 Å². The molecule has 6 heteroatoms. The minimum absolute atomic E-state index is 0.508. The van der Waals surface area contributed by atoms with Gasteiger partial charge in [-0.1, -0.05) is 46.3 Å². The summed E-state index contributed by atoms with van der Waals surface area (Å²) in [7, 11) is 0. The summed E-state index contributed by atoms with van der Waals surface area (Å²) in [6.45, 7) is 2.04. The summed E-state index contributed by atoms with van der Waals surface area (Å²) >= 11 is 4.91. The molecule has 0 unspecified atom stereocenters. The Labute approximate surface area is 122 Å². The van der Waals surface area contributed by atoms with Crippen molar-refractivity contribution in [2.75, 3.05) is 0 Å². The molecule has 19 heavy (non-hydrogen) atoms. The van der Waals surface area contributed by atoms with Gasteiger partial charge in [0.15, 0.2) is 6.29 Å². The summed E-state index contributed by atoms with van der Waals surface area (Å²) < 4.78 is 2.63. The zero-order chi connectivity index (χ0) is 13.4. The molecule has 0 amide bonds. The number of imidazole rings is 1. The van der Waals surface area contributed by atoms with Crippen molar-refractivity contribution >= 4 is 38.5 Å². The smallest absolute Gasteiger partial charge is 0.213 e. The van der Waals surface area contributed by atoms with E-state index in [9.17, 15) is 4.79 Å². The molecule has 2 aromatic heterocycles. The van der Waals surface area contributed by atoms with Crippen LogP contribution in [0.4, 0.5) is 0 Å². The first kappa shape index (κ1) is 12.5. The largest absolute Gasteiger partial charge is 0.296 e. The molecule has 2 heterocycles. The lowest BCUT2D eigenvalue weighted by Crippen LogP contribution is -1.94. The third-order valence-corrected chi connectivity index (χ3v) is 4.39.